The molecule has 0 fully saturated rings. The molecule has 0 atom stereocenters. The fraction of sp³-hybridized carbons (Fsp3) is 0. The van der Waals surface area contributed by atoms with Gasteiger partial charge in [-0.15, -0.1) is 0 Å². The Morgan fingerprint density at radius 1 is 1.29 bits per heavy atom. The summed E-state index contributed by atoms with van der Waals surface area (Å²) in [6.45, 7) is 0. The summed E-state index contributed by atoms with van der Waals surface area (Å²) in [5.41, 5.74) is 0.889. The fourth-order valence-corrected chi connectivity index (χ4v) is 1.77. The van der Waals surface area contributed by atoms with Crippen molar-refractivity contribution in [2.75, 3.05) is 0 Å². The molecule has 0 aliphatic rings. The van der Waals surface area contributed by atoms with Crippen LogP contribution in [0.4, 0.5) is 0 Å². The van der Waals surface area contributed by atoms with Crippen molar-refractivity contribution in [1.29, 1.82) is 0 Å². The van der Waals surface area contributed by atoms with Crippen molar-refractivity contribution in [1.82, 2.24) is 4.98 Å². The number of pyridine rings is 1. The molecule has 0 amide bonds. The molecule has 0 saturated heterocycles. The Labute approximate surface area is 90.5 Å². The number of carbonyl (C=O) groups excluding carboxylic acids is 1. The summed E-state index contributed by atoms with van der Waals surface area (Å²) >= 11 is 11.3. The molecular weight excluding hydrogens is 221 g/mol. The first kappa shape index (κ1) is 9.44. The highest BCUT2D eigenvalue weighted by atomic mass is 35.5. The van der Waals surface area contributed by atoms with Gasteiger partial charge in [-0.2, -0.15) is 0 Å². The van der Waals surface area contributed by atoms with Crippen LogP contribution in [0.5, 0.6) is 0 Å². The Kier molecular flexibility index (Phi) is 2.40. The van der Waals surface area contributed by atoms with Crippen LogP contribution < -0.4 is 0 Å². The Morgan fingerprint density at radius 3 is 2.79 bits per heavy atom. The third kappa shape index (κ3) is 1.47. The number of benzene rings is 1. The standard InChI is InChI=1S/C10H5Cl2NO/c11-8-7(10(12)14)4-3-6-2-1-5-13-9(6)8/h1-5H. The lowest BCUT2D eigenvalue weighted by Gasteiger charge is -2.02. The minimum absolute atomic E-state index is 0.291. The van der Waals surface area contributed by atoms with E-state index in [0.717, 1.165) is 5.39 Å². The molecule has 0 unspecified atom stereocenters. The summed E-state index contributed by atoms with van der Waals surface area (Å²) in [7, 11) is 0. The van der Waals surface area contributed by atoms with Crippen LogP contribution in [0.1, 0.15) is 10.4 Å². The van der Waals surface area contributed by atoms with E-state index in [2.05, 4.69) is 4.98 Å². The highest BCUT2D eigenvalue weighted by Gasteiger charge is 2.10. The predicted molar refractivity (Wildman–Crippen MR) is 56.9 cm³/mol. The van der Waals surface area contributed by atoms with Crippen LogP contribution in [-0.4, -0.2) is 10.2 Å². The molecule has 2 nitrogen and oxygen atoms in total. The van der Waals surface area contributed by atoms with E-state index in [-0.39, 0.29) is 0 Å². The van der Waals surface area contributed by atoms with Crippen LogP contribution in [0.2, 0.25) is 5.02 Å². The topological polar surface area (TPSA) is 30.0 Å². The molecule has 70 valence electrons. The van der Waals surface area contributed by atoms with Gasteiger partial charge in [-0.1, -0.05) is 23.7 Å². The van der Waals surface area contributed by atoms with Gasteiger partial charge in [0.05, 0.1) is 16.1 Å². The van der Waals surface area contributed by atoms with Crippen LogP contribution in [0.25, 0.3) is 10.9 Å². The van der Waals surface area contributed by atoms with E-state index >= 15 is 0 Å². The Morgan fingerprint density at radius 2 is 2.07 bits per heavy atom. The van der Waals surface area contributed by atoms with E-state index in [1.54, 1.807) is 24.4 Å². The number of hydrogen-bond donors (Lipinski definition) is 0. The monoisotopic (exact) mass is 225 g/mol. The minimum Gasteiger partial charge on any atom is -0.276 e. The molecule has 0 saturated carbocycles. The molecule has 1 aromatic carbocycles. The number of rotatable bonds is 1. The third-order valence-electron chi connectivity index (χ3n) is 1.92. The molecule has 2 rings (SSSR count). The lowest BCUT2D eigenvalue weighted by molar-refractivity contribution is 0.108. The van der Waals surface area contributed by atoms with E-state index < -0.39 is 5.24 Å². The summed E-state index contributed by atoms with van der Waals surface area (Å²) in [5, 5.41) is 0.629. The molecule has 0 bridgehead atoms. The van der Waals surface area contributed by atoms with Gasteiger partial charge < -0.3 is 0 Å². The second kappa shape index (κ2) is 3.56. The highest BCUT2D eigenvalue weighted by molar-refractivity contribution is 6.69. The predicted octanol–water partition coefficient (Wildman–Crippen LogP) is 3.27. The first-order valence-electron chi connectivity index (χ1n) is 3.93. The maximum Gasteiger partial charge on any atom is 0.253 e. The maximum atomic E-state index is 11.0. The minimum atomic E-state index is -0.567. The fourth-order valence-electron chi connectivity index (χ4n) is 1.26. The van der Waals surface area contributed by atoms with E-state index in [9.17, 15) is 4.79 Å². The van der Waals surface area contributed by atoms with Gasteiger partial charge in [0.1, 0.15) is 0 Å². The zero-order chi connectivity index (χ0) is 10.1. The molecule has 2 aromatic rings. The lowest BCUT2D eigenvalue weighted by Crippen LogP contribution is -1.91. The van der Waals surface area contributed by atoms with Crippen molar-refractivity contribution in [3.63, 3.8) is 0 Å². The van der Waals surface area contributed by atoms with Gasteiger partial charge in [0.25, 0.3) is 5.24 Å². The molecule has 4 heteroatoms. The molecule has 0 aliphatic carbocycles. The second-order valence-corrected chi connectivity index (χ2v) is 3.50. The number of carbonyl (C=O) groups is 1. The van der Waals surface area contributed by atoms with Gasteiger partial charge >= 0.3 is 0 Å². The normalized spacial score (nSPS) is 10.4. The molecule has 14 heavy (non-hydrogen) atoms. The van der Waals surface area contributed by atoms with Crippen LogP contribution in [-0.2, 0) is 0 Å². The zero-order valence-electron chi connectivity index (χ0n) is 7.00. The van der Waals surface area contributed by atoms with Crippen LogP contribution >= 0.6 is 23.2 Å². The Bertz CT molecular complexity index is 510. The molecule has 1 heterocycles. The molecular formula is C10H5Cl2NO. The molecule has 0 radical (unpaired) electrons. The van der Waals surface area contributed by atoms with Crippen molar-refractivity contribution in [3.8, 4) is 0 Å². The molecule has 0 N–H and O–H groups in total. The van der Waals surface area contributed by atoms with Crippen molar-refractivity contribution < 1.29 is 4.79 Å². The average Bonchev–Trinajstić information content (AvgIpc) is 2.18. The summed E-state index contributed by atoms with van der Waals surface area (Å²) in [6, 6.07) is 7.04. The highest BCUT2D eigenvalue weighted by Crippen LogP contribution is 2.26. The number of fused-ring (bicyclic) bond motifs is 1. The smallest absolute Gasteiger partial charge is 0.253 e. The number of nitrogens with zero attached hydrogens (tertiary/aromatic N) is 1. The number of aromatic nitrogens is 1. The van der Waals surface area contributed by atoms with Crippen molar-refractivity contribution in [3.05, 3.63) is 41.0 Å². The largest absolute Gasteiger partial charge is 0.276 e. The summed E-state index contributed by atoms with van der Waals surface area (Å²) in [5.74, 6) is 0. The average molecular weight is 226 g/mol. The van der Waals surface area contributed by atoms with Crippen LogP contribution in [0, 0.1) is 0 Å². The van der Waals surface area contributed by atoms with E-state index in [1.807, 2.05) is 6.07 Å². The van der Waals surface area contributed by atoms with Crippen LogP contribution in [0.15, 0.2) is 30.5 Å². The molecule has 1 aromatic heterocycles. The first-order valence-corrected chi connectivity index (χ1v) is 4.69. The van der Waals surface area contributed by atoms with Gasteiger partial charge in [-0.25, -0.2) is 0 Å². The SMILES string of the molecule is O=C(Cl)c1ccc2cccnc2c1Cl. The van der Waals surface area contributed by atoms with Crippen molar-refractivity contribution >= 4 is 39.3 Å². The molecule has 0 aliphatic heterocycles. The van der Waals surface area contributed by atoms with Gasteiger partial charge in [-0.05, 0) is 23.7 Å². The lowest BCUT2D eigenvalue weighted by atomic mass is 10.1. The Balaban J connectivity index is 2.81. The number of halogens is 2. The summed E-state index contributed by atoms with van der Waals surface area (Å²) in [6.07, 6.45) is 1.62. The van der Waals surface area contributed by atoms with Gasteiger partial charge in [-0.3, -0.25) is 9.78 Å². The number of hydrogen-bond acceptors (Lipinski definition) is 2. The molecule has 0 spiro atoms. The maximum absolute atomic E-state index is 11.0. The van der Waals surface area contributed by atoms with Crippen molar-refractivity contribution in [2.45, 2.75) is 0 Å². The van der Waals surface area contributed by atoms with Crippen LogP contribution in [0.3, 0.4) is 0 Å². The quantitative estimate of drug-likeness (QED) is 0.698. The van der Waals surface area contributed by atoms with Crippen molar-refractivity contribution in [2.24, 2.45) is 0 Å². The Hall–Kier alpha value is -1.12. The van der Waals surface area contributed by atoms with Gasteiger partial charge in [0, 0.05) is 11.6 Å². The summed E-state index contributed by atoms with van der Waals surface area (Å²) in [4.78, 5) is 15.0. The second-order valence-electron chi connectivity index (χ2n) is 2.78. The van der Waals surface area contributed by atoms with E-state index in [4.69, 9.17) is 23.2 Å². The zero-order valence-corrected chi connectivity index (χ0v) is 8.51. The van der Waals surface area contributed by atoms with Gasteiger partial charge in [0.2, 0.25) is 0 Å². The van der Waals surface area contributed by atoms with Gasteiger partial charge in [0.15, 0.2) is 0 Å². The van der Waals surface area contributed by atoms with E-state index in [0.29, 0.717) is 16.1 Å². The summed E-state index contributed by atoms with van der Waals surface area (Å²) < 4.78 is 0. The first-order chi connectivity index (χ1) is 6.70. The third-order valence-corrected chi connectivity index (χ3v) is 2.51. The van der Waals surface area contributed by atoms with E-state index in [1.165, 1.54) is 0 Å².